The number of nitrogens with zero attached hydrogens (tertiary/aromatic N) is 1. The molecule has 0 fully saturated rings. The Balaban J connectivity index is 2.01. The summed E-state index contributed by atoms with van der Waals surface area (Å²) in [5.74, 6) is -0.467. The first kappa shape index (κ1) is 24.1. The minimum atomic E-state index is -4.06. The second-order valence-electron chi connectivity index (χ2n) is 7.13. The third-order valence-electron chi connectivity index (χ3n) is 5.06. The van der Waals surface area contributed by atoms with Crippen molar-refractivity contribution < 1.29 is 13.2 Å². The molecule has 32 heavy (non-hydrogen) atoms. The van der Waals surface area contributed by atoms with Gasteiger partial charge in [-0.25, -0.2) is 8.42 Å². The highest BCUT2D eigenvalue weighted by Gasteiger charge is 2.29. The smallest absolute Gasteiger partial charge is 0.264 e. The van der Waals surface area contributed by atoms with Crippen LogP contribution in [0.5, 0.6) is 0 Å². The summed E-state index contributed by atoms with van der Waals surface area (Å²) in [5, 5.41) is 3.42. The van der Waals surface area contributed by atoms with E-state index in [1.54, 1.807) is 18.2 Å². The molecule has 3 rings (SSSR count). The van der Waals surface area contributed by atoms with Gasteiger partial charge in [-0.15, -0.1) is 0 Å². The zero-order valence-electron chi connectivity index (χ0n) is 17.8. The van der Waals surface area contributed by atoms with Gasteiger partial charge in [0.15, 0.2) is 0 Å². The Morgan fingerprint density at radius 2 is 1.53 bits per heavy atom. The fraction of sp³-hybridized carbons (Fsp3) is 0.208. The van der Waals surface area contributed by atoms with Crippen molar-refractivity contribution in [2.24, 2.45) is 0 Å². The Bertz CT molecular complexity index is 1190. The highest BCUT2D eigenvalue weighted by Crippen LogP contribution is 2.33. The number of sulfonamides is 1. The Hall–Kier alpha value is -2.54. The molecule has 0 saturated carbocycles. The summed E-state index contributed by atoms with van der Waals surface area (Å²) in [6.07, 6.45) is 1.47. The van der Waals surface area contributed by atoms with Crippen molar-refractivity contribution in [2.75, 3.05) is 16.2 Å². The van der Waals surface area contributed by atoms with E-state index >= 15 is 0 Å². The van der Waals surface area contributed by atoms with Crippen LogP contribution in [0.25, 0.3) is 0 Å². The lowest BCUT2D eigenvalue weighted by Crippen LogP contribution is -2.38. The Morgan fingerprint density at radius 3 is 2.09 bits per heavy atom. The summed E-state index contributed by atoms with van der Waals surface area (Å²) < 4.78 is 27.9. The first-order chi connectivity index (χ1) is 15.3. The van der Waals surface area contributed by atoms with Crippen LogP contribution in [0.15, 0.2) is 71.6 Å². The number of para-hydroxylation sites is 1. The maximum Gasteiger partial charge on any atom is 0.264 e. The van der Waals surface area contributed by atoms with Gasteiger partial charge in [0.25, 0.3) is 10.0 Å². The number of carbonyl (C=O) groups is 1. The van der Waals surface area contributed by atoms with Crippen molar-refractivity contribution in [1.82, 2.24) is 0 Å². The molecule has 8 heteroatoms. The molecule has 3 aromatic carbocycles. The van der Waals surface area contributed by atoms with E-state index in [0.29, 0.717) is 5.02 Å². The van der Waals surface area contributed by atoms with Gasteiger partial charge in [-0.3, -0.25) is 9.10 Å². The quantitative estimate of drug-likeness (QED) is 0.423. The van der Waals surface area contributed by atoms with Gasteiger partial charge in [-0.1, -0.05) is 73.4 Å². The number of amides is 1. The molecular formula is C24H24Cl2N2O3S. The maximum atomic E-state index is 13.5. The monoisotopic (exact) mass is 490 g/mol. The Labute approximate surface area is 199 Å². The van der Waals surface area contributed by atoms with E-state index in [-0.39, 0.29) is 15.6 Å². The summed E-state index contributed by atoms with van der Waals surface area (Å²) in [7, 11) is -4.06. The van der Waals surface area contributed by atoms with Crippen LogP contribution >= 0.6 is 23.2 Å². The van der Waals surface area contributed by atoms with Gasteiger partial charge in [-0.2, -0.15) is 0 Å². The predicted octanol–water partition coefficient (Wildman–Crippen LogP) is 5.95. The van der Waals surface area contributed by atoms with Crippen molar-refractivity contribution in [3.8, 4) is 0 Å². The third kappa shape index (κ3) is 5.26. The summed E-state index contributed by atoms with van der Waals surface area (Å²) in [6.45, 7) is 3.56. The number of halogens is 2. The van der Waals surface area contributed by atoms with Gasteiger partial charge >= 0.3 is 0 Å². The molecule has 1 N–H and O–H groups in total. The van der Waals surface area contributed by atoms with Crippen LogP contribution in [0, 0.1) is 0 Å². The number of carbonyl (C=O) groups excluding carboxylic acids is 1. The lowest BCUT2D eigenvalue weighted by molar-refractivity contribution is -0.114. The molecule has 1 amide bonds. The fourth-order valence-electron chi connectivity index (χ4n) is 3.42. The molecule has 0 spiro atoms. The summed E-state index contributed by atoms with van der Waals surface area (Å²) in [4.78, 5) is 13.2. The topological polar surface area (TPSA) is 66.5 Å². The van der Waals surface area contributed by atoms with Gasteiger partial charge in [0.2, 0.25) is 5.91 Å². The third-order valence-corrected chi connectivity index (χ3v) is 7.37. The molecule has 0 aliphatic carbocycles. The van der Waals surface area contributed by atoms with Gasteiger partial charge < -0.3 is 5.32 Å². The summed E-state index contributed by atoms with van der Waals surface area (Å²) in [6, 6.07) is 18.3. The van der Waals surface area contributed by atoms with E-state index in [4.69, 9.17) is 23.2 Å². The van der Waals surface area contributed by atoms with Gasteiger partial charge in [0.05, 0.1) is 15.6 Å². The number of nitrogens with one attached hydrogen (secondary N) is 1. The van der Waals surface area contributed by atoms with E-state index in [0.717, 1.165) is 34.0 Å². The molecule has 0 aliphatic heterocycles. The molecule has 0 heterocycles. The van der Waals surface area contributed by atoms with E-state index in [2.05, 4.69) is 5.32 Å². The van der Waals surface area contributed by atoms with E-state index in [9.17, 15) is 13.2 Å². The molecule has 0 unspecified atom stereocenters. The molecule has 0 atom stereocenters. The van der Waals surface area contributed by atoms with Gasteiger partial charge in [0, 0.05) is 10.7 Å². The zero-order valence-corrected chi connectivity index (χ0v) is 20.1. The van der Waals surface area contributed by atoms with Crippen LogP contribution in [0.2, 0.25) is 10.0 Å². The number of aryl methyl sites for hydroxylation is 2. The predicted molar refractivity (Wildman–Crippen MR) is 131 cm³/mol. The average Bonchev–Trinajstić information content (AvgIpc) is 2.78. The number of anilines is 2. The Kier molecular flexibility index (Phi) is 7.82. The molecular weight excluding hydrogens is 467 g/mol. The van der Waals surface area contributed by atoms with Crippen LogP contribution in [0.1, 0.15) is 25.0 Å². The summed E-state index contributed by atoms with van der Waals surface area (Å²) in [5.41, 5.74) is 2.87. The normalized spacial score (nSPS) is 11.2. The number of benzene rings is 3. The molecule has 3 aromatic rings. The second kappa shape index (κ2) is 10.4. The van der Waals surface area contributed by atoms with E-state index in [1.165, 1.54) is 30.3 Å². The standard InChI is InChI=1S/C24H24Cl2N2O3S/c1-3-17-9-8-10-18(4-2)24(17)27-23(29)16-28(22-14-13-19(25)15-21(22)26)32(30,31)20-11-6-5-7-12-20/h5-15H,3-4,16H2,1-2H3,(H,27,29). The lowest BCUT2D eigenvalue weighted by Gasteiger charge is -2.25. The molecule has 0 bridgehead atoms. The van der Waals surface area contributed by atoms with Crippen molar-refractivity contribution in [3.05, 3.63) is 87.9 Å². The van der Waals surface area contributed by atoms with E-state index < -0.39 is 22.5 Å². The van der Waals surface area contributed by atoms with Crippen molar-refractivity contribution in [1.29, 1.82) is 0 Å². The van der Waals surface area contributed by atoms with Crippen LogP contribution < -0.4 is 9.62 Å². The highest BCUT2D eigenvalue weighted by molar-refractivity contribution is 7.92. The number of hydrogen-bond donors (Lipinski definition) is 1. The first-order valence-electron chi connectivity index (χ1n) is 10.2. The van der Waals surface area contributed by atoms with Crippen molar-refractivity contribution >= 4 is 50.5 Å². The van der Waals surface area contributed by atoms with Crippen LogP contribution in [0.4, 0.5) is 11.4 Å². The van der Waals surface area contributed by atoms with Crippen LogP contribution in [0.3, 0.4) is 0 Å². The SMILES string of the molecule is CCc1cccc(CC)c1NC(=O)CN(c1ccc(Cl)cc1Cl)S(=O)(=O)c1ccccc1. The molecule has 5 nitrogen and oxygen atoms in total. The van der Waals surface area contributed by atoms with E-state index in [1.807, 2.05) is 32.0 Å². The highest BCUT2D eigenvalue weighted by atomic mass is 35.5. The maximum absolute atomic E-state index is 13.5. The molecule has 0 radical (unpaired) electrons. The number of rotatable bonds is 8. The minimum absolute atomic E-state index is 0.0574. The second-order valence-corrected chi connectivity index (χ2v) is 9.83. The first-order valence-corrected chi connectivity index (χ1v) is 12.4. The molecule has 0 aromatic heterocycles. The molecule has 168 valence electrons. The largest absolute Gasteiger partial charge is 0.324 e. The van der Waals surface area contributed by atoms with Crippen LogP contribution in [-0.4, -0.2) is 20.9 Å². The average molecular weight is 491 g/mol. The molecule has 0 aliphatic rings. The zero-order chi connectivity index (χ0) is 23.3. The number of hydrogen-bond acceptors (Lipinski definition) is 3. The minimum Gasteiger partial charge on any atom is -0.324 e. The Morgan fingerprint density at radius 1 is 0.906 bits per heavy atom. The van der Waals surface area contributed by atoms with Crippen LogP contribution in [-0.2, 0) is 27.7 Å². The fourth-order valence-corrected chi connectivity index (χ4v) is 5.44. The lowest BCUT2D eigenvalue weighted by atomic mass is 10.0. The van der Waals surface area contributed by atoms with Gasteiger partial charge in [-0.05, 0) is 54.3 Å². The summed E-state index contributed by atoms with van der Waals surface area (Å²) >= 11 is 12.3. The molecule has 0 saturated heterocycles. The van der Waals surface area contributed by atoms with Crippen molar-refractivity contribution in [3.63, 3.8) is 0 Å². The van der Waals surface area contributed by atoms with Crippen molar-refractivity contribution in [2.45, 2.75) is 31.6 Å². The van der Waals surface area contributed by atoms with Gasteiger partial charge in [0.1, 0.15) is 6.54 Å².